The van der Waals surface area contributed by atoms with E-state index in [-0.39, 0.29) is 5.78 Å². The lowest BCUT2D eigenvalue weighted by molar-refractivity contribution is -0.128. The zero-order chi connectivity index (χ0) is 11.8. The third-order valence-corrected chi connectivity index (χ3v) is 2.01. The van der Waals surface area contributed by atoms with Crippen LogP contribution in [-0.4, -0.2) is 25.5 Å². The van der Waals surface area contributed by atoms with Gasteiger partial charge in [0.1, 0.15) is 5.75 Å². The van der Waals surface area contributed by atoms with Crippen LogP contribution in [0, 0.1) is 0 Å². The molecular formula is C12H14O4. The van der Waals surface area contributed by atoms with Gasteiger partial charge in [-0.3, -0.25) is 9.59 Å². The molecule has 0 aromatic heterocycles. The average Bonchev–Trinajstić information content (AvgIpc) is 2.32. The van der Waals surface area contributed by atoms with Crippen molar-refractivity contribution in [1.29, 1.82) is 0 Å². The van der Waals surface area contributed by atoms with Crippen LogP contribution in [0.25, 0.3) is 0 Å². The molecule has 0 atom stereocenters. The van der Waals surface area contributed by atoms with Gasteiger partial charge in [0.15, 0.2) is 5.78 Å². The van der Waals surface area contributed by atoms with Crippen LogP contribution in [-0.2, 0) is 9.53 Å². The van der Waals surface area contributed by atoms with Crippen molar-refractivity contribution in [1.82, 2.24) is 0 Å². The molecule has 4 heteroatoms. The maximum absolute atomic E-state index is 11.2. The average molecular weight is 222 g/mol. The maximum atomic E-state index is 11.2. The first-order chi connectivity index (χ1) is 7.79. The second-order valence-corrected chi connectivity index (χ2v) is 3.07. The van der Waals surface area contributed by atoms with Crippen molar-refractivity contribution in [2.24, 2.45) is 0 Å². The summed E-state index contributed by atoms with van der Waals surface area (Å²) in [6.45, 7) is 3.19. The standard InChI is InChI=1S/C9H8O2.C3H6O2/c10-8-5-6-11-9-4-2-1-3-7(8)9;1-2-5-3-4/h1-4H,5-6H2;3H,2H2,1H3. The molecule has 1 aromatic rings. The fourth-order valence-electron chi connectivity index (χ4n) is 1.28. The molecule has 2 rings (SSSR count). The number of para-hydroxylation sites is 1. The largest absolute Gasteiger partial charge is 0.492 e. The summed E-state index contributed by atoms with van der Waals surface area (Å²) in [5.41, 5.74) is 0.721. The number of carbonyl (C=O) groups excluding carboxylic acids is 2. The summed E-state index contributed by atoms with van der Waals surface area (Å²) < 4.78 is 9.43. The van der Waals surface area contributed by atoms with Crippen LogP contribution in [0.15, 0.2) is 24.3 Å². The van der Waals surface area contributed by atoms with Crippen LogP contribution < -0.4 is 4.74 Å². The predicted octanol–water partition coefficient (Wildman–Crippen LogP) is 1.83. The highest BCUT2D eigenvalue weighted by atomic mass is 16.5. The Bertz CT molecular complexity index is 360. The fraction of sp³-hybridized carbons (Fsp3) is 0.333. The van der Waals surface area contributed by atoms with E-state index in [9.17, 15) is 9.59 Å². The first-order valence-electron chi connectivity index (χ1n) is 5.10. The molecule has 1 heterocycles. The van der Waals surface area contributed by atoms with Crippen LogP contribution in [0.1, 0.15) is 23.7 Å². The quantitative estimate of drug-likeness (QED) is 0.716. The molecule has 0 fully saturated rings. The molecule has 0 spiro atoms. The third-order valence-electron chi connectivity index (χ3n) is 2.01. The van der Waals surface area contributed by atoms with Crippen molar-refractivity contribution in [3.05, 3.63) is 29.8 Å². The second kappa shape index (κ2) is 6.61. The number of benzene rings is 1. The highest BCUT2D eigenvalue weighted by Crippen LogP contribution is 2.23. The highest BCUT2D eigenvalue weighted by molar-refractivity contribution is 5.99. The summed E-state index contributed by atoms with van der Waals surface area (Å²) in [4.78, 5) is 20.4. The summed E-state index contributed by atoms with van der Waals surface area (Å²) in [5, 5.41) is 0. The van der Waals surface area contributed by atoms with Gasteiger partial charge in [-0.2, -0.15) is 0 Å². The fourth-order valence-corrected chi connectivity index (χ4v) is 1.28. The number of rotatable bonds is 2. The molecule has 0 N–H and O–H groups in total. The number of ether oxygens (including phenoxy) is 2. The Kier molecular flexibility index (Phi) is 5.05. The van der Waals surface area contributed by atoms with Gasteiger partial charge in [0.2, 0.25) is 0 Å². The normalized spacial score (nSPS) is 12.7. The van der Waals surface area contributed by atoms with E-state index in [1.807, 2.05) is 18.2 Å². The molecule has 0 bridgehead atoms. The van der Waals surface area contributed by atoms with Crippen molar-refractivity contribution in [3.8, 4) is 5.75 Å². The topological polar surface area (TPSA) is 52.6 Å². The smallest absolute Gasteiger partial charge is 0.293 e. The number of ketones is 1. The highest BCUT2D eigenvalue weighted by Gasteiger charge is 2.16. The van der Waals surface area contributed by atoms with E-state index in [2.05, 4.69) is 4.74 Å². The van der Waals surface area contributed by atoms with Crippen LogP contribution in [0.3, 0.4) is 0 Å². The van der Waals surface area contributed by atoms with E-state index in [0.29, 0.717) is 26.1 Å². The van der Waals surface area contributed by atoms with Gasteiger partial charge in [-0.15, -0.1) is 0 Å². The molecule has 0 aliphatic carbocycles. The number of fused-ring (bicyclic) bond motifs is 1. The molecular weight excluding hydrogens is 208 g/mol. The summed E-state index contributed by atoms with van der Waals surface area (Å²) in [7, 11) is 0. The molecule has 0 saturated carbocycles. The Morgan fingerprint density at radius 1 is 1.44 bits per heavy atom. The summed E-state index contributed by atoms with van der Waals surface area (Å²) in [6, 6.07) is 7.35. The first kappa shape index (κ1) is 12.2. The van der Waals surface area contributed by atoms with Crippen molar-refractivity contribution >= 4 is 12.3 Å². The van der Waals surface area contributed by atoms with E-state index >= 15 is 0 Å². The predicted molar refractivity (Wildman–Crippen MR) is 58.6 cm³/mol. The third kappa shape index (κ3) is 3.38. The molecule has 86 valence electrons. The molecule has 0 amide bonds. The van der Waals surface area contributed by atoms with Gasteiger partial charge in [0, 0.05) is 6.42 Å². The van der Waals surface area contributed by atoms with E-state index in [1.54, 1.807) is 13.0 Å². The second-order valence-electron chi connectivity index (χ2n) is 3.07. The monoisotopic (exact) mass is 222 g/mol. The minimum absolute atomic E-state index is 0.187. The Morgan fingerprint density at radius 2 is 2.19 bits per heavy atom. The van der Waals surface area contributed by atoms with Gasteiger partial charge < -0.3 is 9.47 Å². The molecule has 0 unspecified atom stereocenters. The van der Waals surface area contributed by atoms with E-state index in [1.165, 1.54) is 0 Å². The van der Waals surface area contributed by atoms with Gasteiger partial charge in [-0.1, -0.05) is 12.1 Å². The zero-order valence-corrected chi connectivity index (χ0v) is 9.14. The van der Waals surface area contributed by atoms with Gasteiger partial charge in [-0.05, 0) is 19.1 Å². The SMILES string of the molecule is CCOC=O.O=C1CCOc2ccccc21. The van der Waals surface area contributed by atoms with Crippen LogP contribution in [0.4, 0.5) is 0 Å². The lowest BCUT2D eigenvalue weighted by atomic mass is 10.1. The van der Waals surface area contributed by atoms with Gasteiger partial charge in [0.05, 0.1) is 18.8 Å². The molecule has 1 aliphatic rings. The number of hydrogen-bond acceptors (Lipinski definition) is 4. The lowest BCUT2D eigenvalue weighted by Crippen LogP contribution is -2.14. The molecule has 1 aliphatic heterocycles. The van der Waals surface area contributed by atoms with Gasteiger partial charge in [-0.25, -0.2) is 0 Å². The molecule has 0 saturated heterocycles. The van der Waals surface area contributed by atoms with E-state index < -0.39 is 0 Å². The molecule has 16 heavy (non-hydrogen) atoms. The number of hydrogen-bond donors (Lipinski definition) is 0. The Morgan fingerprint density at radius 3 is 2.75 bits per heavy atom. The van der Waals surface area contributed by atoms with Gasteiger partial charge >= 0.3 is 0 Å². The van der Waals surface area contributed by atoms with Crippen molar-refractivity contribution in [2.45, 2.75) is 13.3 Å². The summed E-state index contributed by atoms with van der Waals surface area (Å²) in [6.07, 6.45) is 0.511. The van der Waals surface area contributed by atoms with Gasteiger partial charge in [0.25, 0.3) is 6.47 Å². The Hall–Kier alpha value is -1.84. The summed E-state index contributed by atoms with van der Waals surface area (Å²) >= 11 is 0. The van der Waals surface area contributed by atoms with Crippen LogP contribution in [0.5, 0.6) is 5.75 Å². The van der Waals surface area contributed by atoms with Crippen LogP contribution in [0.2, 0.25) is 0 Å². The number of Topliss-reactive ketones (excluding diaryl/α,β-unsaturated/α-hetero) is 1. The van der Waals surface area contributed by atoms with E-state index in [0.717, 1.165) is 11.3 Å². The van der Waals surface area contributed by atoms with Crippen molar-refractivity contribution < 1.29 is 19.1 Å². The minimum Gasteiger partial charge on any atom is -0.492 e. The number of carbonyl (C=O) groups is 2. The molecule has 0 radical (unpaired) electrons. The van der Waals surface area contributed by atoms with Crippen LogP contribution >= 0.6 is 0 Å². The maximum Gasteiger partial charge on any atom is 0.293 e. The zero-order valence-electron chi connectivity index (χ0n) is 9.14. The minimum atomic E-state index is 0.187. The van der Waals surface area contributed by atoms with E-state index in [4.69, 9.17) is 4.74 Å². The van der Waals surface area contributed by atoms with Crippen molar-refractivity contribution in [2.75, 3.05) is 13.2 Å². The van der Waals surface area contributed by atoms with Crippen molar-refractivity contribution in [3.63, 3.8) is 0 Å². The first-order valence-corrected chi connectivity index (χ1v) is 5.10. The Balaban J connectivity index is 0.000000221. The molecule has 1 aromatic carbocycles. The summed E-state index contributed by atoms with van der Waals surface area (Å²) in [5.74, 6) is 0.913. The lowest BCUT2D eigenvalue weighted by Gasteiger charge is -2.14. The Labute approximate surface area is 94.2 Å². The molecule has 4 nitrogen and oxygen atoms in total.